The number of nitrogens with one attached hydrogen (secondary N) is 2. The maximum atomic E-state index is 12.6. The first-order chi connectivity index (χ1) is 14.1. The van der Waals surface area contributed by atoms with Crippen LogP contribution in [0.25, 0.3) is 5.69 Å². The molecule has 0 radical (unpaired) electrons. The Kier molecular flexibility index (Phi) is 6.64. The molecular formula is C23H25N5O. The summed E-state index contributed by atoms with van der Waals surface area (Å²) in [5, 5.41) is 19.7. The summed E-state index contributed by atoms with van der Waals surface area (Å²) in [6.45, 7) is 4.07. The number of nitrogens with zero attached hydrogens (tertiary/aromatic N) is 3. The highest BCUT2D eigenvalue weighted by atomic mass is 16.2. The molecule has 3 aromatic rings. The molecule has 148 valence electrons. The number of aromatic nitrogens is 2. The normalized spacial score (nSPS) is 11.5. The van der Waals surface area contributed by atoms with E-state index in [9.17, 15) is 10.1 Å². The van der Waals surface area contributed by atoms with Crippen molar-refractivity contribution in [3.8, 4) is 11.8 Å². The van der Waals surface area contributed by atoms with Crippen LogP contribution in [0.3, 0.4) is 0 Å². The van der Waals surface area contributed by atoms with Crippen LogP contribution in [-0.2, 0) is 6.42 Å². The monoisotopic (exact) mass is 387 g/mol. The Labute approximate surface area is 171 Å². The van der Waals surface area contributed by atoms with E-state index in [0.717, 1.165) is 36.2 Å². The highest BCUT2D eigenvalue weighted by molar-refractivity contribution is 5.89. The predicted octanol–water partition coefficient (Wildman–Crippen LogP) is 4.97. The van der Waals surface area contributed by atoms with Crippen LogP contribution in [0.15, 0.2) is 60.7 Å². The van der Waals surface area contributed by atoms with Crippen molar-refractivity contribution >= 4 is 11.8 Å². The van der Waals surface area contributed by atoms with Gasteiger partial charge in [0.2, 0.25) is 0 Å². The van der Waals surface area contributed by atoms with Gasteiger partial charge in [0, 0.05) is 6.07 Å². The van der Waals surface area contributed by atoms with Crippen molar-refractivity contribution in [2.45, 2.75) is 39.2 Å². The van der Waals surface area contributed by atoms with E-state index >= 15 is 0 Å². The third-order valence-electron chi connectivity index (χ3n) is 4.66. The first-order valence-electron chi connectivity index (χ1n) is 9.82. The topological polar surface area (TPSA) is 82.7 Å². The molecule has 0 spiro atoms. The Balaban J connectivity index is 1.82. The largest absolute Gasteiger partial charge is 0.331 e. The summed E-state index contributed by atoms with van der Waals surface area (Å²) in [4.78, 5) is 12.6. The average Bonchev–Trinajstić information content (AvgIpc) is 3.15. The van der Waals surface area contributed by atoms with Gasteiger partial charge in [0.05, 0.1) is 29.1 Å². The van der Waals surface area contributed by atoms with E-state index in [4.69, 9.17) is 0 Å². The molecule has 0 saturated heterocycles. The quantitative estimate of drug-likeness (QED) is 0.600. The second-order valence-electron chi connectivity index (χ2n) is 6.93. The van der Waals surface area contributed by atoms with E-state index in [2.05, 4.69) is 28.7 Å². The summed E-state index contributed by atoms with van der Waals surface area (Å²) in [5.41, 5.74) is 3.21. The lowest BCUT2D eigenvalue weighted by molar-refractivity contribution is 0.249. The van der Waals surface area contributed by atoms with Crippen LogP contribution in [0.1, 0.15) is 49.6 Å². The maximum Gasteiger partial charge on any atom is 0.320 e. The van der Waals surface area contributed by atoms with Crippen molar-refractivity contribution in [2.75, 3.05) is 5.32 Å². The molecule has 0 saturated carbocycles. The molecule has 2 N–H and O–H groups in total. The van der Waals surface area contributed by atoms with Crippen LogP contribution in [0.4, 0.5) is 10.6 Å². The molecule has 0 aliphatic carbocycles. The van der Waals surface area contributed by atoms with Gasteiger partial charge in [0.25, 0.3) is 0 Å². The fraction of sp³-hybridized carbons (Fsp3) is 0.261. The Morgan fingerprint density at radius 2 is 1.97 bits per heavy atom. The number of benzene rings is 2. The third kappa shape index (κ3) is 5.23. The lowest BCUT2D eigenvalue weighted by Gasteiger charge is -2.15. The number of hydrogen-bond acceptors (Lipinski definition) is 3. The van der Waals surface area contributed by atoms with Crippen LogP contribution in [0.2, 0.25) is 0 Å². The standard InChI is InChI=1S/C23H25N5O/c1-3-4-12-20-15-22(28(27-20)21-13-8-9-18(14-21)16-24)26-23(29)25-17(2)19-10-6-5-7-11-19/h5-11,13-15,17H,3-4,12H2,1-2H3,(H2,25,26,29). The van der Waals surface area contributed by atoms with Gasteiger partial charge in [-0.2, -0.15) is 10.4 Å². The molecule has 6 heteroatoms. The third-order valence-corrected chi connectivity index (χ3v) is 4.66. The van der Waals surface area contributed by atoms with Crippen molar-refractivity contribution in [3.05, 3.63) is 77.5 Å². The Bertz CT molecular complexity index is 1000. The molecule has 0 bridgehead atoms. The van der Waals surface area contributed by atoms with Gasteiger partial charge in [0.1, 0.15) is 5.82 Å². The van der Waals surface area contributed by atoms with E-state index in [-0.39, 0.29) is 12.1 Å². The van der Waals surface area contributed by atoms with E-state index in [1.54, 1.807) is 16.8 Å². The van der Waals surface area contributed by atoms with E-state index in [1.165, 1.54) is 0 Å². The van der Waals surface area contributed by atoms with E-state index in [0.29, 0.717) is 11.4 Å². The number of aryl methyl sites for hydroxylation is 1. The molecule has 1 unspecified atom stereocenters. The van der Waals surface area contributed by atoms with Crippen molar-refractivity contribution < 1.29 is 4.79 Å². The minimum Gasteiger partial charge on any atom is -0.331 e. The first kappa shape index (κ1) is 20.2. The van der Waals surface area contributed by atoms with Crippen LogP contribution < -0.4 is 10.6 Å². The van der Waals surface area contributed by atoms with Crippen LogP contribution in [0, 0.1) is 11.3 Å². The minimum absolute atomic E-state index is 0.131. The predicted molar refractivity (Wildman–Crippen MR) is 114 cm³/mol. The first-order valence-corrected chi connectivity index (χ1v) is 9.82. The summed E-state index contributed by atoms with van der Waals surface area (Å²) >= 11 is 0. The van der Waals surface area contributed by atoms with Crippen molar-refractivity contribution in [1.29, 1.82) is 5.26 Å². The second-order valence-corrected chi connectivity index (χ2v) is 6.93. The molecule has 2 aromatic carbocycles. The molecular weight excluding hydrogens is 362 g/mol. The number of urea groups is 1. The lowest BCUT2D eigenvalue weighted by Crippen LogP contribution is -2.31. The van der Waals surface area contributed by atoms with Gasteiger partial charge in [-0.05, 0) is 43.5 Å². The molecule has 3 rings (SSSR count). The Morgan fingerprint density at radius 1 is 1.17 bits per heavy atom. The van der Waals surface area contributed by atoms with Gasteiger partial charge in [-0.1, -0.05) is 49.7 Å². The highest BCUT2D eigenvalue weighted by Crippen LogP contribution is 2.20. The molecule has 1 atom stereocenters. The Morgan fingerprint density at radius 3 is 2.69 bits per heavy atom. The molecule has 1 aromatic heterocycles. The number of hydrogen-bond donors (Lipinski definition) is 2. The number of carbonyl (C=O) groups excluding carboxylic acids is 1. The second kappa shape index (κ2) is 9.56. The minimum atomic E-state index is -0.305. The fourth-order valence-electron chi connectivity index (χ4n) is 3.08. The molecule has 6 nitrogen and oxygen atoms in total. The Hall–Kier alpha value is -3.59. The zero-order valence-electron chi connectivity index (χ0n) is 16.7. The molecule has 2 amide bonds. The SMILES string of the molecule is CCCCc1cc(NC(=O)NC(C)c2ccccc2)n(-c2cccc(C#N)c2)n1. The zero-order chi connectivity index (χ0) is 20.6. The average molecular weight is 387 g/mol. The van der Waals surface area contributed by atoms with Crippen LogP contribution in [-0.4, -0.2) is 15.8 Å². The number of amides is 2. The number of carbonyl (C=O) groups is 1. The summed E-state index contributed by atoms with van der Waals surface area (Å²) < 4.78 is 1.68. The molecule has 0 aliphatic rings. The fourth-order valence-corrected chi connectivity index (χ4v) is 3.08. The van der Waals surface area contributed by atoms with Gasteiger partial charge in [0.15, 0.2) is 0 Å². The van der Waals surface area contributed by atoms with Gasteiger partial charge in [-0.3, -0.25) is 5.32 Å². The maximum absolute atomic E-state index is 12.6. The summed E-state index contributed by atoms with van der Waals surface area (Å²) in [7, 11) is 0. The lowest BCUT2D eigenvalue weighted by atomic mass is 10.1. The number of rotatable bonds is 7. The van der Waals surface area contributed by atoms with Crippen molar-refractivity contribution in [2.24, 2.45) is 0 Å². The van der Waals surface area contributed by atoms with Crippen molar-refractivity contribution in [1.82, 2.24) is 15.1 Å². The van der Waals surface area contributed by atoms with Gasteiger partial charge in [-0.25, -0.2) is 9.48 Å². The van der Waals surface area contributed by atoms with Crippen LogP contribution in [0.5, 0.6) is 0 Å². The van der Waals surface area contributed by atoms with Gasteiger partial charge < -0.3 is 5.32 Å². The summed E-state index contributed by atoms with van der Waals surface area (Å²) in [6.07, 6.45) is 2.92. The number of anilines is 1. The number of unbranched alkanes of at least 4 members (excludes halogenated alkanes) is 1. The highest BCUT2D eigenvalue weighted by Gasteiger charge is 2.15. The molecule has 0 fully saturated rings. The van der Waals surface area contributed by atoms with Crippen molar-refractivity contribution in [3.63, 3.8) is 0 Å². The molecule has 1 heterocycles. The van der Waals surface area contributed by atoms with E-state index in [1.807, 2.05) is 55.5 Å². The van der Waals surface area contributed by atoms with Gasteiger partial charge in [-0.15, -0.1) is 0 Å². The zero-order valence-corrected chi connectivity index (χ0v) is 16.7. The molecule has 29 heavy (non-hydrogen) atoms. The van der Waals surface area contributed by atoms with E-state index < -0.39 is 0 Å². The summed E-state index contributed by atoms with van der Waals surface area (Å²) in [6, 6.07) is 20.6. The summed E-state index contributed by atoms with van der Waals surface area (Å²) in [5.74, 6) is 0.573. The number of nitriles is 1. The van der Waals surface area contributed by atoms with Gasteiger partial charge >= 0.3 is 6.03 Å². The van der Waals surface area contributed by atoms with Crippen LogP contribution >= 0.6 is 0 Å². The smallest absolute Gasteiger partial charge is 0.320 e. The molecule has 0 aliphatic heterocycles.